The van der Waals surface area contributed by atoms with E-state index in [1.54, 1.807) is 26.0 Å². The van der Waals surface area contributed by atoms with Gasteiger partial charge in [0.1, 0.15) is 0 Å². The molecule has 1 atom stereocenters. The molecule has 0 heterocycles. The number of benzene rings is 1. The van der Waals surface area contributed by atoms with Crippen LogP contribution >= 0.6 is 0 Å². The van der Waals surface area contributed by atoms with Crippen LogP contribution in [0.1, 0.15) is 25.5 Å². The third-order valence-corrected chi connectivity index (χ3v) is 4.89. The van der Waals surface area contributed by atoms with E-state index in [0.717, 1.165) is 0 Å². The van der Waals surface area contributed by atoms with Crippen molar-refractivity contribution >= 4 is 10.0 Å². The minimum atomic E-state index is -3.49. The number of ether oxygens (including phenoxy) is 1. The molecule has 5 nitrogen and oxygen atoms in total. The molecule has 0 fully saturated rings. The Balaban J connectivity index is 2.98. The Kier molecular flexibility index (Phi) is 5.93. The Morgan fingerprint density at radius 2 is 1.89 bits per heavy atom. The predicted octanol–water partition coefficient (Wildman–Crippen LogP) is 1.40. The molecule has 0 spiro atoms. The van der Waals surface area contributed by atoms with Gasteiger partial charge in [0.2, 0.25) is 10.0 Å². The van der Waals surface area contributed by atoms with Crippen molar-refractivity contribution in [1.82, 2.24) is 4.31 Å². The normalized spacial score (nSPS) is 13.7. The van der Waals surface area contributed by atoms with Gasteiger partial charge in [-0.1, -0.05) is 19.1 Å². The highest BCUT2D eigenvalue weighted by atomic mass is 32.2. The highest BCUT2D eigenvalue weighted by Gasteiger charge is 2.22. The highest BCUT2D eigenvalue weighted by molar-refractivity contribution is 7.89. The highest BCUT2D eigenvalue weighted by Crippen LogP contribution is 2.19. The molecular formula is C13H21NO4S. The van der Waals surface area contributed by atoms with E-state index in [4.69, 9.17) is 4.74 Å². The summed E-state index contributed by atoms with van der Waals surface area (Å²) < 4.78 is 31.0. The first-order valence-electron chi connectivity index (χ1n) is 6.20. The molecule has 1 rings (SSSR count). The van der Waals surface area contributed by atoms with E-state index in [1.807, 2.05) is 0 Å². The first-order valence-corrected chi connectivity index (χ1v) is 7.64. The first-order chi connectivity index (χ1) is 8.93. The van der Waals surface area contributed by atoms with Gasteiger partial charge in [-0.15, -0.1) is 0 Å². The van der Waals surface area contributed by atoms with Gasteiger partial charge in [-0.3, -0.25) is 0 Å². The number of likely N-dealkylation sites (N-methyl/N-ethyl adjacent to an activating group) is 1. The van der Waals surface area contributed by atoms with Crippen LogP contribution in [-0.2, 0) is 14.8 Å². The lowest BCUT2D eigenvalue weighted by molar-refractivity contribution is 0.180. The molecule has 108 valence electrons. The molecule has 0 amide bonds. The fraction of sp³-hybridized carbons (Fsp3) is 0.538. The summed E-state index contributed by atoms with van der Waals surface area (Å²) in [4.78, 5) is 0.231. The molecule has 0 saturated carbocycles. The summed E-state index contributed by atoms with van der Waals surface area (Å²) in [6, 6.07) is 6.29. The summed E-state index contributed by atoms with van der Waals surface area (Å²) in [5.74, 6) is 0. The van der Waals surface area contributed by atoms with Gasteiger partial charge in [-0.05, 0) is 24.6 Å². The summed E-state index contributed by atoms with van der Waals surface area (Å²) in [6.07, 6.45) is -0.604. The summed E-state index contributed by atoms with van der Waals surface area (Å²) in [5, 5.41) is 9.41. The third-order valence-electron chi connectivity index (χ3n) is 2.90. The van der Waals surface area contributed by atoms with E-state index >= 15 is 0 Å². The Bertz CT molecular complexity index is 482. The Labute approximate surface area is 114 Å². The molecule has 1 unspecified atom stereocenters. The lowest BCUT2D eigenvalue weighted by Crippen LogP contribution is -2.33. The van der Waals surface area contributed by atoms with Gasteiger partial charge >= 0.3 is 0 Å². The Hall–Kier alpha value is -0.950. The third kappa shape index (κ3) is 4.01. The van der Waals surface area contributed by atoms with E-state index in [0.29, 0.717) is 25.3 Å². The van der Waals surface area contributed by atoms with Gasteiger partial charge < -0.3 is 9.84 Å². The van der Waals surface area contributed by atoms with Crippen LogP contribution in [0.25, 0.3) is 0 Å². The molecule has 0 radical (unpaired) electrons. The van der Waals surface area contributed by atoms with E-state index < -0.39 is 16.1 Å². The fourth-order valence-corrected chi connectivity index (χ4v) is 3.14. The van der Waals surface area contributed by atoms with Gasteiger partial charge in [0.05, 0.1) is 17.6 Å². The second-order valence-electron chi connectivity index (χ2n) is 4.23. The lowest BCUT2D eigenvalue weighted by Gasteiger charge is -2.20. The van der Waals surface area contributed by atoms with Crippen molar-refractivity contribution in [1.29, 1.82) is 0 Å². The second-order valence-corrected chi connectivity index (χ2v) is 6.17. The molecule has 19 heavy (non-hydrogen) atoms. The first kappa shape index (κ1) is 16.1. The maximum Gasteiger partial charge on any atom is 0.243 e. The average molecular weight is 287 g/mol. The van der Waals surface area contributed by atoms with E-state index in [1.165, 1.54) is 23.5 Å². The molecule has 0 aliphatic rings. The van der Waals surface area contributed by atoms with Gasteiger partial charge in [0.25, 0.3) is 0 Å². The van der Waals surface area contributed by atoms with Crippen LogP contribution < -0.4 is 0 Å². The number of hydrogen-bond donors (Lipinski definition) is 1. The van der Waals surface area contributed by atoms with Crippen molar-refractivity contribution in [3.63, 3.8) is 0 Å². The van der Waals surface area contributed by atoms with Crippen LogP contribution in [0.2, 0.25) is 0 Å². The van der Waals surface area contributed by atoms with E-state index in [9.17, 15) is 13.5 Å². The van der Waals surface area contributed by atoms with Crippen molar-refractivity contribution in [2.45, 2.75) is 24.8 Å². The van der Waals surface area contributed by atoms with Gasteiger partial charge in [0.15, 0.2) is 0 Å². The summed E-state index contributed by atoms with van der Waals surface area (Å²) in [5.41, 5.74) is 0.693. The quantitative estimate of drug-likeness (QED) is 0.823. The van der Waals surface area contributed by atoms with Crippen LogP contribution in [0.4, 0.5) is 0 Å². The summed E-state index contributed by atoms with van der Waals surface area (Å²) in [7, 11) is -1.95. The molecule has 1 aromatic rings. The molecule has 0 saturated heterocycles. The zero-order valence-corrected chi connectivity index (χ0v) is 12.4. The molecule has 1 aromatic carbocycles. The summed E-state index contributed by atoms with van der Waals surface area (Å²) >= 11 is 0. The molecule has 0 aromatic heterocycles. The van der Waals surface area contributed by atoms with Gasteiger partial charge in [-0.2, -0.15) is 4.31 Å². The number of hydrogen-bond acceptors (Lipinski definition) is 4. The monoisotopic (exact) mass is 287 g/mol. The predicted molar refractivity (Wildman–Crippen MR) is 73.4 cm³/mol. The lowest BCUT2D eigenvalue weighted by atomic mass is 10.1. The van der Waals surface area contributed by atoms with Crippen molar-refractivity contribution in [2.24, 2.45) is 0 Å². The topological polar surface area (TPSA) is 66.8 Å². The average Bonchev–Trinajstić information content (AvgIpc) is 2.39. The zero-order valence-electron chi connectivity index (χ0n) is 11.5. The molecule has 1 N–H and O–H groups in total. The molecule has 6 heteroatoms. The minimum absolute atomic E-state index is 0.231. The molecule has 0 aliphatic heterocycles. The molecule has 0 bridgehead atoms. The number of aliphatic hydroxyl groups excluding tert-OH is 1. The molecule has 0 aliphatic carbocycles. The number of aliphatic hydroxyl groups is 1. The SMILES string of the molecule is CCN(CCOC)S(=O)(=O)c1ccc(C(C)O)cc1. The summed E-state index contributed by atoms with van der Waals surface area (Å²) in [6.45, 7) is 4.51. The van der Waals surface area contributed by atoms with Crippen LogP contribution in [-0.4, -0.2) is 44.6 Å². The number of nitrogens with zero attached hydrogens (tertiary/aromatic N) is 1. The second kappa shape index (κ2) is 7.00. The number of sulfonamides is 1. The largest absolute Gasteiger partial charge is 0.389 e. The maximum absolute atomic E-state index is 12.4. The van der Waals surface area contributed by atoms with Crippen molar-refractivity contribution < 1.29 is 18.3 Å². The van der Waals surface area contributed by atoms with Crippen LogP contribution in [0.5, 0.6) is 0 Å². The molecular weight excluding hydrogens is 266 g/mol. The van der Waals surface area contributed by atoms with Crippen molar-refractivity contribution in [3.8, 4) is 0 Å². The van der Waals surface area contributed by atoms with Crippen LogP contribution in [0.15, 0.2) is 29.2 Å². The standard InChI is InChI=1S/C13H21NO4S/c1-4-14(9-10-18-3)19(16,17)13-7-5-12(6-8-13)11(2)15/h5-8,11,15H,4,9-10H2,1-3H3. The smallest absolute Gasteiger partial charge is 0.243 e. The maximum atomic E-state index is 12.4. The Morgan fingerprint density at radius 3 is 2.32 bits per heavy atom. The Morgan fingerprint density at radius 1 is 1.32 bits per heavy atom. The fourth-order valence-electron chi connectivity index (χ4n) is 1.71. The number of methoxy groups -OCH3 is 1. The zero-order chi connectivity index (χ0) is 14.5. The van der Waals surface area contributed by atoms with Crippen molar-refractivity contribution in [2.75, 3.05) is 26.8 Å². The van der Waals surface area contributed by atoms with E-state index in [2.05, 4.69) is 0 Å². The number of rotatable bonds is 7. The van der Waals surface area contributed by atoms with Crippen molar-refractivity contribution in [3.05, 3.63) is 29.8 Å². The van der Waals surface area contributed by atoms with Crippen LogP contribution in [0.3, 0.4) is 0 Å². The minimum Gasteiger partial charge on any atom is -0.389 e. The van der Waals surface area contributed by atoms with Crippen LogP contribution in [0, 0.1) is 0 Å². The van der Waals surface area contributed by atoms with E-state index in [-0.39, 0.29) is 4.90 Å². The van der Waals surface area contributed by atoms with Gasteiger partial charge in [-0.25, -0.2) is 8.42 Å². The van der Waals surface area contributed by atoms with Gasteiger partial charge in [0, 0.05) is 20.2 Å².